The predicted molar refractivity (Wildman–Crippen MR) is 118 cm³/mol. The summed E-state index contributed by atoms with van der Waals surface area (Å²) < 4.78 is 5.82. The van der Waals surface area contributed by atoms with Crippen molar-refractivity contribution in [3.8, 4) is 5.75 Å². The Balaban J connectivity index is 1.29. The highest BCUT2D eigenvalue weighted by Crippen LogP contribution is 2.29. The summed E-state index contributed by atoms with van der Waals surface area (Å²) in [5, 5.41) is 3.58. The van der Waals surface area contributed by atoms with Crippen LogP contribution < -0.4 is 10.1 Å². The van der Waals surface area contributed by atoms with E-state index in [9.17, 15) is 4.79 Å². The highest BCUT2D eigenvalue weighted by molar-refractivity contribution is 7.15. The minimum Gasteiger partial charge on any atom is -0.489 e. The molecule has 4 rings (SSSR count). The molecule has 0 saturated carbocycles. The summed E-state index contributed by atoms with van der Waals surface area (Å²) in [6.45, 7) is 2.61. The van der Waals surface area contributed by atoms with E-state index in [2.05, 4.69) is 41.5 Å². The first kappa shape index (κ1) is 19.4. The van der Waals surface area contributed by atoms with Crippen LogP contribution in [0, 0.1) is 6.92 Å². The molecule has 1 aromatic heterocycles. The Morgan fingerprint density at radius 3 is 2.62 bits per heavy atom. The Bertz CT molecular complexity index is 981. The summed E-state index contributed by atoms with van der Waals surface area (Å²) in [6.07, 6.45) is 7.85. The third-order valence-electron chi connectivity index (χ3n) is 4.91. The molecule has 3 aromatic rings. The quantitative estimate of drug-likeness (QED) is 0.547. The highest BCUT2D eigenvalue weighted by atomic mass is 32.1. The van der Waals surface area contributed by atoms with Gasteiger partial charge in [-0.25, -0.2) is 4.98 Å². The number of carbonyl (C=O) groups is 1. The molecule has 0 spiro atoms. The molecular weight excluding hydrogens is 380 g/mol. The fourth-order valence-electron chi connectivity index (χ4n) is 3.25. The summed E-state index contributed by atoms with van der Waals surface area (Å²) in [7, 11) is 0. The Morgan fingerprint density at radius 1 is 1.10 bits per heavy atom. The highest BCUT2D eigenvalue weighted by Gasteiger charge is 2.15. The zero-order valence-electron chi connectivity index (χ0n) is 16.5. The van der Waals surface area contributed by atoms with Crippen molar-refractivity contribution in [2.45, 2.75) is 39.2 Å². The molecular formula is C24H24N2O2S. The van der Waals surface area contributed by atoms with Crippen LogP contribution in [0.15, 0.2) is 54.6 Å². The van der Waals surface area contributed by atoms with E-state index in [1.807, 2.05) is 24.3 Å². The number of amides is 1. The molecule has 0 aliphatic heterocycles. The van der Waals surface area contributed by atoms with Gasteiger partial charge in [-0.05, 0) is 61.9 Å². The van der Waals surface area contributed by atoms with E-state index in [0.717, 1.165) is 35.4 Å². The number of aryl methyl sites for hydroxylation is 3. The van der Waals surface area contributed by atoms with Crippen molar-refractivity contribution < 1.29 is 9.53 Å². The number of nitrogens with zero attached hydrogens (tertiary/aromatic N) is 1. The number of anilines is 1. The van der Waals surface area contributed by atoms with Gasteiger partial charge < -0.3 is 4.74 Å². The number of thiazole rings is 1. The average Bonchev–Trinajstić information content (AvgIpc) is 3.15. The minimum absolute atomic E-state index is 0.157. The summed E-state index contributed by atoms with van der Waals surface area (Å²) in [5.41, 5.74) is 4.48. The second kappa shape index (κ2) is 9.05. The molecule has 0 unspecified atom stereocenters. The van der Waals surface area contributed by atoms with Crippen molar-refractivity contribution in [2.75, 3.05) is 5.32 Å². The lowest BCUT2D eigenvalue weighted by molar-refractivity contribution is -0.111. The van der Waals surface area contributed by atoms with Crippen LogP contribution >= 0.6 is 11.3 Å². The van der Waals surface area contributed by atoms with Crippen LogP contribution in [0.5, 0.6) is 5.75 Å². The first-order valence-corrected chi connectivity index (χ1v) is 10.7. The lowest BCUT2D eigenvalue weighted by atomic mass is 10.0. The molecule has 0 saturated heterocycles. The van der Waals surface area contributed by atoms with Crippen LogP contribution in [-0.4, -0.2) is 10.9 Å². The van der Waals surface area contributed by atoms with Gasteiger partial charge in [0.2, 0.25) is 5.91 Å². The van der Waals surface area contributed by atoms with Crippen molar-refractivity contribution in [3.05, 3.63) is 81.9 Å². The Labute approximate surface area is 175 Å². The van der Waals surface area contributed by atoms with Crippen molar-refractivity contribution in [1.82, 2.24) is 4.98 Å². The number of rotatable bonds is 6. The van der Waals surface area contributed by atoms with Gasteiger partial charge in [-0.15, -0.1) is 11.3 Å². The van der Waals surface area contributed by atoms with Crippen LogP contribution in [0.3, 0.4) is 0 Å². The second-order valence-corrected chi connectivity index (χ2v) is 8.35. The minimum atomic E-state index is -0.157. The van der Waals surface area contributed by atoms with Crippen LogP contribution in [0.2, 0.25) is 0 Å². The maximum Gasteiger partial charge on any atom is 0.250 e. The van der Waals surface area contributed by atoms with Crippen molar-refractivity contribution in [3.63, 3.8) is 0 Å². The average molecular weight is 405 g/mol. The molecule has 1 aliphatic rings. The van der Waals surface area contributed by atoms with Crippen molar-refractivity contribution in [2.24, 2.45) is 0 Å². The fraction of sp³-hybridized carbons (Fsp3) is 0.250. The molecule has 148 valence electrons. The van der Waals surface area contributed by atoms with E-state index < -0.39 is 0 Å². The lowest BCUT2D eigenvalue weighted by Crippen LogP contribution is -2.07. The summed E-state index contributed by atoms with van der Waals surface area (Å²) in [4.78, 5) is 18.1. The largest absolute Gasteiger partial charge is 0.489 e. The number of fused-ring (bicyclic) bond motifs is 1. The maximum absolute atomic E-state index is 12.2. The van der Waals surface area contributed by atoms with Gasteiger partial charge in [0.15, 0.2) is 5.13 Å². The zero-order chi connectivity index (χ0) is 20.1. The van der Waals surface area contributed by atoms with Crippen LogP contribution in [0.4, 0.5) is 5.13 Å². The third kappa shape index (κ3) is 5.33. The number of hydrogen-bond acceptors (Lipinski definition) is 4. The first-order chi connectivity index (χ1) is 14.2. The van der Waals surface area contributed by atoms with Crippen molar-refractivity contribution in [1.29, 1.82) is 0 Å². The number of ether oxygens (including phenoxy) is 1. The topological polar surface area (TPSA) is 51.2 Å². The normalized spacial score (nSPS) is 13.3. The van der Waals surface area contributed by atoms with E-state index in [1.165, 1.54) is 23.3 Å². The number of carbonyl (C=O) groups excluding carboxylic acids is 1. The van der Waals surface area contributed by atoms with Gasteiger partial charge in [-0.2, -0.15) is 0 Å². The molecule has 29 heavy (non-hydrogen) atoms. The molecule has 0 radical (unpaired) electrons. The second-order valence-electron chi connectivity index (χ2n) is 7.26. The number of hydrogen-bond donors (Lipinski definition) is 1. The van der Waals surface area contributed by atoms with Gasteiger partial charge in [0.1, 0.15) is 12.4 Å². The van der Waals surface area contributed by atoms with Gasteiger partial charge in [0.25, 0.3) is 0 Å². The van der Waals surface area contributed by atoms with E-state index in [0.29, 0.717) is 11.7 Å². The van der Waals surface area contributed by atoms with Crippen LogP contribution in [-0.2, 0) is 24.2 Å². The predicted octanol–water partition coefficient (Wildman–Crippen LogP) is 5.56. The smallest absolute Gasteiger partial charge is 0.250 e. The van der Waals surface area contributed by atoms with Gasteiger partial charge in [0, 0.05) is 11.0 Å². The van der Waals surface area contributed by atoms with Gasteiger partial charge >= 0.3 is 0 Å². The first-order valence-electron chi connectivity index (χ1n) is 9.92. The maximum atomic E-state index is 12.2. The van der Waals surface area contributed by atoms with E-state index in [4.69, 9.17) is 4.74 Å². The zero-order valence-corrected chi connectivity index (χ0v) is 17.3. The Hall–Kier alpha value is -2.92. The monoisotopic (exact) mass is 404 g/mol. The molecule has 2 aromatic carbocycles. The van der Waals surface area contributed by atoms with E-state index in [1.54, 1.807) is 23.5 Å². The van der Waals surface area contributed by atoms with E-state index in [-0.39, 0.29) is 5.91 Å². The van der Waals surface area contributed by atoms with Gasteiger partial charge in [-0.1, -0.05) is 42.0 Å². The standard InChI is InChI=1S/C24H24N2O2S/c1-17-6-8-19(9-7-17)16-28-20-13-10-18(11-14-20)12-15-23(27)26-24-25-21-4-2-3-5-22(21)29-24/h6-15H,2-5,16H2,1H3,(H,25,26,27). The molecule has 1 N–H and O–H groups in total. The Kier molecular flexibility index (Phi) is 6.06. The van der Waals surface area contributed by atoms with E-state index >= 15 is 0 Å². The number of aromatic nitrogens is 1. The molecule has 0 atom stereocenters. The Morgan fingerprint density at radius 2 is 1.86 bits per heavy atom. The van der Waals surface area contributed by atoms with Crippen LogP contribution in [0.25, 0.3) is 6.08 Å². The molecule has 5 heteroatoms. The summed E-state index contributed by atoms with van der Waals surface area (Å²) >= 11 is 1.60. The van der Waals surface area contributed by atoms with Crippen LogP contribution in [0.1, 0.15) is 40.1 Å². The number of nitrogens with one attached hydrogen (secondary N) is 1. The SMILES string of the molecule is Cc1ccc(COc2ccc(C=CC(=O)Nc3nc4c(s3)CCCC4)cc2)cc1. The summed E-state index contributed by atoms with van der Waals surface area (Å²) in [5.74, 6) is 0.649. The third-order valence-corrected chi connectivity index (χ3v) is 5.98. The molecule has 4 nitrogen and oxygen atoms in total. The summed E-state index contributed by atoms with van der Waals surface area (Å²) in [6, 6.07) is 16.0. The molecule has 1 amide bonds. The van der Waals surface area contributed by atoms with Crippen molar-refractivity contribution >= 4 is 28.5 Å². The van der Waals surface area contributed by atoms with Gasteiger partial charge in [0.05, 0.1) is 5.69 Å². The molecule has 1 aliphatic carbocycles. The molecule has 1 heterocycles. The van der Waals surface area contributed by atoms with Gasteiger partial charge in [-0.3, -0.25) is 10.1 Å². The molecule has 0 fully saturated rings. The molecule has 0 bridgehead atoms. The lowest BCUT2D eigenvalue weighted by Gasteiger charge is -2.07. The fourth-order valence-corrected chi connectivity index (χ4v) is 4.30. The number of benzene rings is 2.